The highest BCUT2D eigenvalue weighted by Gasteiger charge is 2.34. The van der Waals surface area contributed by atoms with E-state index in [2.05, 4.69) is 30.1 Å². The lowest BCUT2D eigenvalue weighted by atomic mass is 10.5. The van der Waals surface area contributed by atoms with Crippen molar-refractivity contribution in [1.82, 2.24) is 20.5 Å². The van der Waals surface area contributed by atoms with Gasteiger partial charge in [-0.1, -0.05) is 15.4 Å². The van der Waals surface area contributed by atoms with Crippen molar-refractivity contribution in [3.05, 3.63) is 36.7 Å². The number of hydrazone groups is 1. The lowest BCUT2D eigenvalue weighted by molar-refractivity contribution is 0.270. The maximum Gasteiger partial charge on any atom is 0.341 e. The molecule has 0 radical (unpaired) electrons. The van der Waals surface area contributed by atoms with Gasteiger partial charge in [0.05, 0.1) is 6.20 Å². The zero-order valence-corrected chi connectivity index (χ0v) is 9.65. The summed E-state index contributed by atoms with van der Waals surface area (Å²) in [5.41, 5.74) is 0.313. The molecular formula is C9H5N7O4. The van der Waals surface area contributed by atoms with E-state index >= 15 is 0 Å². The molecule has 0 aromatic carbocycles. The van der Waals surface area contributed by atoms with Crippen LogP contribution in [0.2, 0.25) is 0 Å². The molecule has 0 saturated heterocycles. The number of anilines is 2. The van der Waals surface area contributed by atoms with E-state index in [4.69, 9.17) is 13.8 Å². The zero-order chi connectivity index (χ0) is 13.4. The Morgan fingerprint density at radius 1 is 1.15 bits per heavy atom. The summed E-state index contributed by atoms with van der Waals surface area (Å²) < 4.78 is 14.6. The van der Waals surface area contributed by atoms with Crippen LogP contribution >= 0.6 is 0 Å². The lowest BCUT2D eigenvalue weighted by Crippen LogP contribution is -2.35. The molecule has 0 saturated carbocycles. The predicted molar refractivity (Wildman–Crippen MR) is 59.9 cm³/mol. The number of nitrogens with zero attached hydrogens (tertiary/aromatic N) is 7. The number of oxazole rings is 1. The average molecular weight is 275 g/mol. The highest BCUT2D eigenvalue weighted by Crippen LogP contribution is 2.26. The van der Waals surface area contributed by atoms with Gasteiger partial charge in [0, 0.05) is 11.3 Å². The molecule has 0 fully saturated rings. The molecule has 20 heavy (non-hydrogen) atoms. The number of aromatic nitrogens is 4. The van der Waals surface area contributed by atoms with Crippen LogP contribution in [0.25, 0.3) is 0 Å². The van der Waals surface area contributed by atoms with Gasteiger partial charge in [0.25, 0.3) is 5.90 Å². The van der Waals surface area contributed by atoms with Crippen molar-refractivity contribution in [2.75, 3.05) is 10.3 Å². The number of rotatable bonds is 3. The monoisotopic (exact) mass is 275 g/mol. The van der Waals surface area contributed by atoms with Gasteiger partial charge in [-0.3, -0.25) is 0 Å². The smallest absolute Gasteiger partial charge is 0.341 e. The number of hydrogen-bond donors (Lipinski definition) is 0. The van der Waals surface area contributed by atoms with Gasteiger partial charge in [0.15, 0.2) is 12.0 Å². The van der Waals surface area contributed by atoms with E-state index in [0.717, 1.165) is 0 Å². The highest BCUT2D eigenvalue weighted by molar-refractivity contribution is 5.94. The summed E-state index contributed by atoms with van der Waals surface area (Å²) in [4.78, 5) is 9.50. The fraction of sp³-hybridized carbons (Fsp3) is 0. The van der Waals surface area contributed by atoms with E-state index in [1.807, 2.05) is 0 Å². The molecule has 11 heteroatoms. The van der Waals surface area contributed by atoms with Crippen molar-refractivity contribution < 1.29 is 18.3 Å². The number of hydrogen-bond acceptors (Lipinski definition) is 11. The molecule has 3 aromatic heterocycles. The molecule has 3 aromatic rings. The van der Waals surface area contributed by atoms with Crippen LogP contribution in [0.5, 0.6) is 0 Å². The Hall–Kier alpha value is -3.37. The lowest BCUT2D eigenvalue weighted by Gasteiger charge is -2.18. The molecule has 4 heterocycles. The minimum atomic E-state index is 0.146. The molecule has 11 nitrogen and oxygen atoms in total. The maximum atomic E-state index is 5.51. The van der Waals surface area contributed by atoms with Crippen molar-refractivity contribution in [3.63, 3.8) is 0 Å². The van der Waals surface area contributed by atoms with E-state index < -0.39 is 0 Å². The second kappa shape index (κ2) is 4.08. The summed E-state index contributed by atoms with van der Waals surface area (Å²) in [5.74, 6) is 0.492. The summed E-state index contributed by atoms with van der Waals surface area (Å²) in [5, 5.41) is 17.4. The zero-order valence-electron chi connectivity index (χ0n) is 9.65. The predicted octanol–water partition coefficient (Wildman–Crippen LogP) is 0.581. The molecule has 0 unspecified atom stereocenters. The van der Waals surface area contributed by atoms with Gasteiger partial charge in [0.1, 0.15) is 12.5 Å². The first-order valence-corrected chi connectivity index (χ1v) is 5.36. The molecular weight excluding hydrogens is 270 g/mol. The van der Waals surface area contributed by atoms with Gasteiger partial charge in [-0.2, -0.15) is 4.98 Å². The summed E-state index contributed by atoms with van der Waals surface area (Å²) in [6.45, 7) is 0. The highest BCUT2D eigenvalue weighted by atomic mass is 16.8. The Labute approximate surface area is 109 Å². The van der Waals surface area contributed by atoms with Crippen LogP contribution in [-0.4, -0.2) is 26.4 Å². The summed E-state index contributed by atoms with van der Waals surface area (Å²) in [7, 11) is 0. The third kappa shape index (κ3) is 1.57. The van der Waals surface area contributed by atoms with Gasteiger partial charge in [-0.15, -0.1) is 10.2 Å². The molecule has 0 amide bonds. The quantitative estimate of drug-likeness (QED) is 0.671. The summed E-state index contributed by atoms with van der Waals surface area (Å²) in [6, 6.07) is 1.76. The Morgan fingerprint density at radius 3 is 2.85 bits per heavy atom. The maximum absolute atomic E-state index is 5.51. The van der Waals surface area contributed by atoms with Crippen LogP contribution < -0.4 is 10.3 Å². The molecule has 0 atom stereocenters. The molecule has 0 bridgehead atoms. The van der Waals surface area contributed by atoms with Crippen molar-refractivity contribution >= 4 is 17.7 Å². The fourth-order valence-electron chi connectivity index (χ4n) is 1.51. The van der Waals surface area contributed by atoms with Gasteiger partial charge in [0.2, 0.25) is 5.82 Å². The minimum absolute atomic E-state index is 0.146. The van der Waals surface area contributed by atoms with E-state index in [9.17, 15) is 0 Å². The molecule has 4 rings (SSSR count). The third-order valence-corrected chi connectivity index (χ3v) is 2.32. The average Bonchev–Trinajstić information content (AvgIpc) is 3.22. The Morgan fingerprint density at radius 2 is 2.15 bits per heavy atom. The van der Waals surface area contributed by atoms with Crippen LogP contribution in [0.1, 0.15) is 5.69 Å². The summed E-state index contributed by atoms with van der Waals surface area (Å²) in [6.07, 6.45) is 5.56. The van der Waals surface area contributed by atoms with Crippen molar-refractivity contribution in [2.24, 2.45) is 5.10 Å². The van der Waals surface area contributed by atoms with Gasteiger partial charge >= 0.3 is 6.01 Å². The first kappa shape index (κ1) is 10.5. The summed E-state index contributed by atoms with van der Waals surface area (Å²) >= 11 is 0. The SMILES string of the molecule is c1coc(N2N=C(c3conn3)ON2c2ccon2)n1. The number of hydrazine groups is 1. The van der Waals surface area contributed by atoms with Gasteiger partial charge < -0.3 is 18.3 Å². The van der Waals surface area contributed by atoms with E-state index in [0.29, 0.717) is 11.5 Å². The van der Waals surface area contributed by atoms with E-state index in [-0.39, 0.29) is 11.9 Å². The molecule has 0 N–H and O–H groups in total. The molecule has 1 aliphatic rings. The second-order valence-electron chi connectivity index (χ2n) is 3.52. The molecule has 0 aliphatic carbocycles. The minimum Gasteiger partial charge on any atom is -0.430 e. The van der Waals surface area contributed by atoms with Crippen molar-refractivity contribution in [1.29, 1.82) is 0 Å². The van der Waals surface area contributed by atoms with Crippen LogP contribution in [0.15, 0.2) is 49.6 Å². The third-order valence-electron chi connectivity index (χ3n) is 2.32. The fourth-order valence-corrected chi connectivity index (χ4v) is 1.51. The van der Waals surface area contributed by atoms with E-state index in [1.165, 1.54) is 35.3 Å². The standard InChI is InChI=1S/C9H5N7O4/c1-3-18-13-7(1)16-15(9-10-2-4-17-9)12-8(20-16)6-5-19-14-11-6/h1-5H. The van der Waals surface area contributed by atoms with Crippen LogP contribution in [-0.2, 0) is 4.84 Å². The van der Waals surface area contributed by atoms with Crippen molar-refractivity contribution in [2.45, 2.75) is 0 Å². The Bertz CT molecular complexity index is 706. The normalized spacial score (nSPS) is 14.5. The van der Waals surface area contributed by atoms with Gasteiger partial charge in [-0.25, -0.2) is 0 Å². The first-order valence-electron chi connectivity index (χ1n) is 5.36. The Kier molecular flexibility index (Phi) is 2.15. The molecule has 1 aliphatic heterocycles. The second-order valence-corrected chi connectivity index (χ2v) is 3.52. The van der Waals surface area contributed by atoms with Crippen LogP contribution in [0.4, 0.5) is 11.8 Å². The van der Waals surface area contributed by atoms with Crippen LogP contribution in [0, 0.1) is 0 Å². The van der Waals surface area contributed by atoms with Gasteiger partial charge in [-0.05, 0) is 0 Å². The Balaban J connectivity index is 1.74. The first-order chi connectivity index (χ1) is 9.92. The van der Waals surface area contributed by atoms with Crippen molar-refractivity contribution in [3.8, 4) is 0 Å². The largest absolute Gasteiger partial charge is 0.430 e. The topological polar surface area (TPSA) is 119 Å². The molecule has 100 valence electrons. The van der Waals surface area contributed by atoms with Crippen LogP contribution in [0.3, 0.4) is 0 Å². The molecule has 0 spiro atoms. The van der Waals surface area contributed by atoms with E-state index in [1.54, 1.807) is 6.07 Å².